The summed E-state index contributed by atoms with van der Waals surface area (Å²) in [5.41, 5.74) is 1.95. The second-order valence-electron chi connectivity index (χ2n) is 12.9. The fourth-order valence-corrected chi connectivity index (χ4v) is 9.22. The van der Waals surface area contributed by atoms with Gasteiger partial charge in [-0.2, -0.15) is 5.10 Å². The molecule has 4 radical (unpaired) electrons. The Morgan fingerprint density at radius 1 is 0.808 bits per heavy atom. The van der Waals surface area contributed by atoms with E-state index in [1.165, 1.54) is 21.8 Å². The number of halogens is 2. The van der Waals surface area contributed by atoms with E-state index < -0.39 is 77.4 Å². The van der Waals surface area contributed by atoms with E-state index in [2.05, 4.69) is 30.7 Å². The maximum Gasteiger partial charge on any atom is 0.264 e. The van der Waals surface area contributed by atoms with Crippen LogP contribution in [0.2, 0.25) is 0 Å². The smallest absolute Gasteiger partial charge is 0.264 e. The predicted octanol–water partition coefficient (Wildman–Crippen LogP) is 2.49. The highest BCUT2D eigenvalue weighted by molar-refractivity contribution is 7.79. The van der Waals surface area contributed by atoms with Crippen molar-refractivity contribution < 1.29 is 55.1 Å². The zero-order valence-electron chi connectivity index (χ0n) is 26.7. The Kier molecular flexibility index (Phi) is 8.20. The lowest BCUT2D eigenvalue weighted by molar-refractivity contribution is -0.117. The summed E-state index contributed by atoms with van der Waals surface area (Å²) in [4.78, 5) is 37.1. The van der Waals surface area contributed by atoms with Crippen LogP contribution in [0.3, 0.4) is 0 Å². The van der Waals surface area contributed by atoms with Crippen LogP contribution >= 0.6 is 14.9 Å². The van der Waals surface area contributed by atoms with E-state index in [4.69, 9.17) is 42.7 Å². The highest BCUT2D eigenvalue weighted by atomic mass is 31.2. The topological polar surface area (TPSA) is 209 Å². The first-order valence-corrected chi connectivity index (χ1v) is 19.4. The van der Waals surface area contributed by atoms with Crippen LogP contribution in [0, 0.1) is 0 Å². The molecule has 4 aromatic heterocycles. The molecule has 5 aliphatic rings. The molecule has 10 atom stereocenters. The molecule has 0 bridgehead atoms. The zero-order valence-corrected chi connectivity index (χ0v) is 28.5. The molecule has 9 heterocycles. The lowest BCUT2D eigenvalue weighted by Crippen LogP contribution is -2.37. The van der Waals surface area contributed by atoms with Crippen LogP contribution in [0.15, 0.2) is 24.8 Å². The molecular weight excluding hydrogens is 730 g/mol. The van der Waals surface area contributed by atoms with Crippen molar-refractivity contribution in [1.82, 2.24) is 29.3 Å². The van der Waals surface area contributed by atoms with Crippen molar-refractivity contribution >= 4 is 75.5 Å². The van der Waals surface area contributed by atoms with Crippen LogP contribution in [0.1, 0.15) is 36.6 Å². The van der Waals surface area contributed by atoms with E-state index in [1.807, 2.05) is 0 Å². The number of hydrogen-bond acceptors (Lipinski definition) is 14. The first-order chi connectivity index (χ1) is 24.9. The average molecular weight is 756 g/mol. The van der Waals surface area contributed by atoms with E-state index in [0.717, 1.165) is 0 Å². The SMILES string of the molecule is [B]P1(=O)OC[C@H]2O[C@@H](n3cc4c5c(ncnc53)NC(=O)CC4)C(F)[C@H]2OP([B])(=O)OC[C@H]2O[C@@H](n3nc4c5c(ccnc53)NC(=O)CC4)[C@@H](F)C2O1. The standard InChI is InChI=1S/C28H26B2F2N8O10P2/c29-51(43)46-9-15-23(21(32)28(48-15)40-26-19-12(5-6-33-26)36-16(41)4-2-13(19)38-40)50-52(30,44)45-8-14-22(49-51)20(31)27(47-14)39-7-11-1-3-17(42)37-24-18(11)25(39)35-10-34-24/h5-7,10,14-15,20-23,27-28H,1-4,8-9H2,(H,36,41)(H,34,35,37,42)/t14-,15-,20?,21+,22+,23?,27-,28-,51?,52?/m1/s1. The number of nitrogens with one attached hydrogen (secondary N) is 2. The van der Waals surface area contributed by atoms with Gasteiger partial charge in [-0.15, -0.1) is 0 Å². The number of anilines is 2. The first-order valence-electron chi connectivity index (χ1n) is 16.2. The summed E-state index contributed by atoms with van der Waals surface area (Å²) in [5.74, 6) is -0.225. The van der Waals surface area contributed by atoms with Crippen LogP contribution in [0.5, 0.6) is 0 Å². The Hall–Kier alpha value is -3.61. The largest absolute Gasteiger partial charge is 0.346 e. The van der Waals surface area contributed by atoms with Gasteiger partial charge >= 0.3 is 0 Å². The van der Waals surface area contributed by atoms with Gasteiger partial charge in [-0.05, 0) is 18.1 Å². The summed E-state index contributed by atoms with van der Waals surface area (Å²) >= 11 is 0. The van der Waals surface area contributed by atoms with Gasteiger partial charge in [0.2, 0.25) is 26.9 Å². The summed E-state index contributed by atoms with van der Waals surface area (Å²) < 4.78 is 96.2. The van der Waals surface area contributed by atoms with Crippen molar-refractivity contribution in [3.05, 3.63) is 36.0 Å². The Morgan fingerprint density at radius 2 is 1.46 bits per heavy atom. The van der Waals surface area contributed by atoms with Gasteiger partial charge in [0.05, 0.1) is 35.4 Å². The van der Waals surface area contributed by atoms with Gasteiger partial charge in [0, 0.05) is 31.7 Å². The number of carbonyl (C=O) groups is 2. The quantitative estimate of drug-likeness (QED) is 0.223. The molecule has 0 aromatic carbocycles. The van der Waals surface area contributed by atoms with Crippen molar-refractivity contribution in [1.29, 1.82) is 0 Å². The highest BCUT2D eigenvalue weighted by Gasteiger charge is 2.54. The molecule has 3 saturated heterocycles. The molecule has 4 unspecified atom stereocenters. The fraction of sp³-hybridized carbons (Fsp3) is 0.500. The van der Waals surface area contributed by atoms with Crippen LogP contribution in [0.25, 0.3) is 22.1 Å². The summed E-state index contributed by atoms with van der Waals surface area (Å²) in [6.07, 6.45) is -8.60. The van der Waals surface area contributed by atoms with Gasteiger partial charge in [0.15, 0.2) is 30.4 Å². The lowest BCUT2D eigenvalue weighted by atomic mass is 10.1. The van der Waals surface area contributed by atoms with Crippen molar-refractivity contribution in [2.45, 2.75) is 74.9 Å². The van der Waals surface area contributed by atoms with Crippen LogP contribution < -0.4 is 10.6 Å². The maximum atomic E-state index is 16.4. The van der Waals surface area contributed by atoms with E-state index in [1.54, 1.807) is 12.3 Å². The Bertz CT molecular complexity index is 2090. The van der Waals surface area contributed by atoms with Crippen molar-refractivity contribution in [3.8, 4) is 0 Å². The molecule has 268 valence electrons. The molecule has 0 aliphatic carbocycles. The maximum absolute atomic E-state index is 16.4. The Morgan fingerprint density at radius 3 is 2.19 bits per heavy atom. The minimum Gasteiger partial charge on any atom is -0.346 e. The monoisotopic (exact) mass is 756 g/mol. The second-order valence-corrected chi connectivity index (χ2v) is 16.0. The molecule has 24 heteroatoms. The molecule has 3 fully saturated rings. The third kappa shape index (κ3) is 5.80. The number of ether oxygens (including phenoxy) is 2. The number of hydrogen-bond donors (Lipinski definition) is 2. The molecule has 4 aromatic rings. The summed E-state index contributed by atoms with van der Waals surface area (Å²) in [7, 11) is 2.57. The van der Waals surface area contributed by atoms with Gasteiger partial charge in [-0.1, -0.05) is 0 Å². The third-order valence-corrected chi connectivity index (χ3v) is 11.6. The number of amides is 2. The zero-order chi connectivity index (χ0) is 36.1. The number of pyridine rings is 1. The summed E-state index contributed by atoms with van der Waals surface area (Å²) in [6, 6.07) is 1.58. The average Bonchev–Trinajstić information content (AvgIpc) is 3.76. The van der Waals surface area contributed by atoms with Crippen molar-refractivity contribution in [2.24, 2.45) is 0 Å². The second kappa shape index (κ2) is 12.5. The molecule has 9 rings (SSSR count). The number of aromatic nitrogens is 6. The van der Waals surface area contributed by atoms with Gasteiger partial charge in [0.1, 0.15) is 42.2 Å². The molecule has 0 spiro atoms. The molecule has 0 saturated carbocycles. The van der Waals surface area contributed by atoms with E-state index in [9.17, 15) is 18.7 Å². The van der Waals surface area contributed by atoms with E-state index in [0.29, 0.717) is 34.1 Å². The number of nitrogens with zero attached hydrogens (tertiary/aromatic N) is 6. The lowest BCUT2D eigenvalue weighted by Gasteiger charge is -2.29. The summed E-state index contributed by atoms with van der Waals surface area (Å²) in [5, 5.41) is 10.9. The first kappa shape index (κ1) is 34.2. The normalized spacial score (nSPS) is 36.6. The van der Waals surface area contributed by atoms with Crippen LogP contribution in [-0.2, 0) is 59.1 Å². The van der Waals surface area contributed by atoms with Crippen molar-refractivity contribution in [2.75, 3.05) is 23.8 Å². The number of fused-ring (bicyclic) bond motifs is 2. The molecule has 18 nitrogen and oxygen atoms in total. The fourth-order valence-electron chi connectivity index (χ4n) is 7.20. The molecule has 2 amide bonds. The Balaban J connectivity index is 1.00. The molecule has 52 heavy (non-hydrogen) atoms. The minimum absolute atomic E-state index is 0.122. The van der Waals surface area contributed by atoms with Gasteiger partial charge in [-0.3, -0.25) is 18.7 Å². The van der Waals surface area contributed by atoms with Gasteiger partial charge < -0.3 is 42.8 Å². The van der Waals surface area contributed by atoms with Crippen molar-refractivity contribution in [3.63, 3.8) is 0 Å². The summed E-state index contributed by atoms with van der Waals surface area (Å²) in [6.45, 7) is -1.48. The number of carbonyl (C=O) groups excluding carboxylic acids is 2. The Labute approximate surface area is 294 Å². The van der Waals surface area contributed by atoms with Crippen LogP contribution in [-0.4, -0.2) is 106 Å². The highest BCUT2D eigenvalue weighted by Crippen LogP contribution is 2.54. The molecule has 5 aliphatic heterocycles. The number of rotatable bonds is 2. The van der Waals surface area contributed by atoms with E-state index >= 15 is 8.78 Å². The molecular formula is C28H26B2F2N8O10P2. The number of aryl methyl sites for hydroxylation is 2. The predicted molar refractivity (Wildman–Crippen MR) is 175 cm³/mol. The van der Waals surface area contributed by atoms with E-state index in [-0.39, 0.29) is 48.2 Å². The minimum atomic E-state index is -4.66. The number of alkyl halides is 2. The van der Waals surface area contributed by atoms with Gasteiger partial charge in [0.25, 0.3) is 14.9 Å². The molecule has 2 N–H and O–H groups in total. The van der Waals surface area contributed by atoms with Gasteiger partial charge in [-0.25, -0.2) is 28.4 Å². The third-order valence-electron chi connectivity index (χ3n) is 9.52. The van der Waals surface area contributed by atoms with Crippen LogP contribution in [0.4, 0.5) is 20.3 Å².